The Labute approximate surface area is 134 Å². The van der Waals surface area contributed by atoms with Gasteiger partial charge in [0, 0.05) is 18.1 Å². The van der Waals surface area contributed by atoms with E-state index in [-0.39, 0.29) is 17.3 Å². The van der Waals surface area contributed by atoms with E-state index in [1.54, 1.807) is 12.1 Å². The van der Waals surface area contributed by atoms with Crippen LogP contribution in [0.3, 0.4) is 0 Å². The zero-order valence-electron chi connectivity index (χ0n) is 12.1. The number of amides is 1. The van der Waals surface area contributed by atoms with Crippen molar-refractivity contribution in [2.45, 2.75) is 11.3 Å². The van der Waals surface area contributed by atoms with Gasteiger partial charge in [0.05, 0.1) is 11.4 Å². The third-order valence-corrected chi connectivity index (χ3v) is 5.16. The van der Waals surface area contributed by atoms with Crippen LogP contribution in [0.5, 0.6) is 0 Å². The summed E-state index contributed by atoms with van der Waals surface area (Å²) in [5, 5.41) is 5.66. The number of nitrogens with zero attached hydrogens (tertiary/aromatic N) is 1. The molecule has 0 atom stereocenters. The Balaban J connectivity index is 2.59. The summed E-state index contributed by atoms with van der Waals surface area (Å²) in [6.07, 6.45) is 0.797. The Morgan fingerprint density at radius 1 is 1.24 bits per heavy atom. The number of nitrogens with one attached hydrogen (secondary N) is 2. The minimum atomic E-state index is -3.65. The lowest BCUT2D eigenvalue weighted by Gasteiger charge is -2.17. The van der Waals surface area contributed by atoms with Crippen LogP contribution in [0.2, 0.25) is 0 Å². The molecule has 118 valence electrons. The first-order chi connectivity index (χ1) is 9.87. The maximum Gasteiger partial charge on any atom is 0.243 e. The first kappa shape index (κ1) is 18.1. The second-order valence-electron chi connectivity index (χ2n) is 4.52. The Hall–Kier alpha value is -0.960. The molecule has 0 saturated heterocycles. The maximum absolute atomic E-state index is 12.3. The molecule has 0 radical (unpaired) electrons. The molecule has 0 aliphatic rings. The van der Waals surface area contributed by atoms with E-state index in [1.807, 2.05) is 7.05 Å². The van der Waals surface area contributed by atoms with Gasteiger partial charge in [0.25, 0.3) is 0 Å². The number of halogens is 1. The van der Waals surface area contributed by atoms with Crippen LogP contribution in [0.1, 0.15) is 6.42 Å². The van der Waals surface area contributed by atoms with Crippen LogP contribution < -0.4 is 10.6 Å². The Kier molecular flexibility index (Phi) is 7.30. The molecule has 0 saturated carbocycles. The van der Waals surface area contributed by atoms with Gasteiger partial charge in [-0.1, -0.05) is 15.9 Å². The molecule has 1 aromatic carbocycles. The van der Waals surface area contributed by atoms with Crippen LogP contribution in [0.25, 0.3) is 0 Å². The lowest BCUT2D eigenvalue weighted by atomic mass is 10.4. The first-order valence-electron chi connectivity index (χ1n) is 6.51. The normalized spacial score (nSPS) is 11.6. The number of sulfonamides is 1. The first-order valence-corrected chi connectivity index (χ1v) is 8.74. The van der Waals surface area contributed by atoms with Crippen molar-refractivity contribution < 1.29 is 13.2 Å². The molecule has 1 aromatic rings. The monoisotopic (exact) mass is 377 g/mol. The van der Waals surface area contributed by atoms with E-state index in [0.717, 1.165) is 21.7 Å². The van der Waals surface area contributed by atoms with Crippen molar-refractivity contribution in [3.05, 3.63) is 28.7 Å². The van der Waals surface area contributed by atoms with E-state index in [0.29, 0.717) is 6.54 Å². The van der Waals surface area contributed by atoms with Gasteiger partial charge in [0.1, 0.15) is 0 Å². The highest BCUT2D eigenvalue weighted by atomic mass is 79.9. The van der Waals surface area contributed by atoms with Crippen molar-refractivity contribution in [2.24, 2.45) is 0 Å². The zero-order chi connectivity index (χ0) is 15.9. The van der Waals surface area contributed by atoms with Gasteiger partial charge in [-0.15, -0.1) is 0 Å². The smallest absolute Gasteiger partial charge is 0.243 e. The minimum Gasteiger partial charge on any atom is -0.355 e. The summed E-state index contributed by atoms with van der Waals surface area (Å²) < 4.78 is 26.4. The highest BCUT2D eigenvalue weighted by molar-refractivity contribution is 9.10. The van der Waals surface area contributed by atoms with Crippen LogP contribution in [0.4, 0.5) is 0 Å². The number of benzene rings is 1. The van der Waals surface area contributed by atoms with E-state index in [2.05, 4.69) is 26.6 Å². The van der Waals surface area contributed by atoms with Gasteiger partial charge in [-0.05, 0) is 44.3 Å². The van der Waals surface area contributed by atoms with Crippen molar-refractivity contribution in [1.29, 1.82) is 0 Å². The summed E-state index contributed by atoms with van der Waals surface area (Å²) in [6, 6.07) is 6.30. The van der Waals surface area contributed by atoms with Crippen molar-refractivity contribution in [1.82, 2.24) is 14.9 Å². The third kappa shape index (κ3) is 5.74. The Morgan fingerprint density at radius 2 is 1.86 bits per heavy atom. The van der Waals surface area contributed by atoms with Gasteiger partial charge in [-0.25, -0.2) is 8.42 Å². The Bertz CT molecular complexity index is 561. The van der Waals surface area contributed by atoms with Crippen molar-refractivity contribution in [2.75, 3.05) is 33.7 Å². The molecule has 0 heterocycles. The number of likely N-dealkylation sites (N-methyl/N-ethyl adjacent to an activating group) is 1. The molecule has 0 spiro atoms. The predicted molar refractivity (Wildman–Crippen MR) is 85.5 cm³/mol. The molecule has 6 nitrogen and oxygen atoms in total. The van der Waals surface area contributed by atoms with Gasteiger partial charge in [-0.2, -0.15) is 4.31 Å². The summed E-state index contributed by atoms with van der Waals surface area (Å²) in [5.74, 6) is -0.311. The quantitative estimate of drug-likeness (QED) is 0.656. The molecule has 0 bridgehead atoms. The maximum atomic E-state index is 12.3. The average molecular weight is 378 g/mol. The fourth-order valence-corrected chi connectivity index (χ4v) is 3.01. The lowest BCUT2D eigenvalue weighted by molar-refractivity contribution is -0.121. The summed E-state index contributed by atoms with van der Waals surface area (Å²) >= 11 is 3.25. The lowest BCUT2D eigenvalue weighted by Crippen LogP contribution is -2.39. The largest absolute Gasteiger partial charge is 0.355 e. The Morgan fingerprint density at radius 3 is 2.43 bits per heavy atom. The van der Waals surface area contributed by atoms with Crippen LogP contribution in [-0.2, 0) is 14.8 Å². The van der Waals surface area contributed by atoms with E-state index >= 15 is 0 Å². The van der Waals surface area contributed by atoms with E-state index in [4.69, 9.17) is 0 Å². The SMILES string of the molecule is CNCCCNC(=O)CN(C)S(=O)(=O)c1ccc(Br)cc1. The van der Waals surface area contributed by atoms with Gasteiger partial charge < -0.3 is 10.6 Å². The van der Waals surface area contributed by atoms with E-state index in [9.17, 15) is 13.2 Å². The van der Waals surface area contributed by atoms with Gasteiger partial charge in [0.2, 0.25) is 15.9 Å². The second kappa shape index (κ2) is 8.47. The van der Waals surface area contributed by atoms with Crippen molar-refractivity contribution in [3.8, 4) is 0 Å². The average Bonchev–Trinajstić information content (AvgIpc) is 2.44. The second-order valence-corrected chi connectivity index (χ2v) is 7.48. The fraction of sp³-hybridized carbons (Fsp3) is 0.462. The highest BCUT2D eigenvalue weighted by Crippen LogP contribution is 2.17. The molecule has 8 heteroatoms. The standard InChI is InChI=1S/C13H20BrN3O3S/c1-15-8-3-9-16-13(18)10-17(2)21(19,20)12-6-4-11(14)5-7-12/h4-7,15H,3,8-10H2,1-2H3,(H,16,18). The summed E-state index contributed by atoms with van der Waals surface area (Å²) in [7, 11) is -0.420. The summed E-state index contributed by atoms with van der Waals surface area (Å²) in [6.45, 7) is 1.12. The van der Waals surface area contributed by atoms with Gasteiger partial charge in [0.15, 0.2) is 0 Å². The van der Waals surface area contributed by atoms with Crippen LogP contribution in [-0.4, -0.2) is 52.4 Å². The summed E-state index contributed by atoms with van der Waals surface area (Å²) in [5.41, 5.74) is 0. The molecule has 0 aromatic heterocycles. The topological polar surface area (TPSA) is 78.5 Å². The molecule has 0 aliphatic heterocycles. The molecule has 1 amide bonds. The fourth-order valence-electron chi connectivity index (χ4n) is 1.62. The zero-order valence-corrected chi connectivity index (χ0v) is 14.5. The van der Waals surface area contributed by atoms with Crippen LogP contribution in [0, 0.1) is 0 Å². The van der Waals surface area contributed by atoms with Crippen LogP contribution in [0.15, 0.2) is 33.6 Å². The van der Waals surface area contributed by atoms with E-state index < -0.39 is 10.0 Å². The van der Waals surface area contributed by atoms with Gasteiger partial charge in [-0.3, -0.25) is 4.79 Å². The molecule has 1 rings (SSSR count). The molecular formula is C13H20BrN3O3S. The molecular weight excluding hydrogens is 358 g/mol. The van der Waals surface area contributed by atoms with Crippen molar-refractivity contribution >= 4 is 31.9 Å². The molecule has 21 heavy (non-hydrogen) atoms. The number of rotatable bonds is 8. The number of carbonyl (C=O) groups is 1. The third-order valence-electron chi connectivity index (χ3n) is 2.81. The summed E-state index contributed by atoms with van der Waals surface area (Å²) in [4.78, 5) is 11.9. The predicted octanol–water partition coefficient (Wildman–Crippen LogP) is 0.795. The van der Waals surface area contributed by atoms with Gasteiger partial charge >= 0.3 is 0 Å². The number of hydrogen-bond acceptors (Lipinski definition) is 4. The number of carbonyl (C=O) groups excluding carboxylic acids is 1. The van der Waals surface area contributed by atoms with Crippen LogP contribution >= 0.6 is 15.9 Å². The molecule has 0 unspecified atom stereocenters. The minimum absolute atomic E-state index is 0.163. The highest BCUT2D eigenvalue weighted by Gasteiger charge is 2.22. The molecule has 2 N–H and O–H groups in total. The van der Waals surface area contributed by atoms with E-state index in [1.165, 1.54) is 19.2 Å². The molecule has 0 aliphatic carbocycles. The number of hydrogen-bond donors (Lipinski definition) is 2. The van der Waals surface area contributed by atoms with Crippen molar-refractivity contribution in [3.63, 3.8) is 0 Å². The molecule has 0 fully saturated rings.